The molecule has 2 aromatic rings. The number of aryl methyl sites for hydroxylation is 2. The summed E-state index contributed by atoms with van der Waals surface area (Å²) in [6.07, 6.45) is 1.82. The monoisotopic (exact) mass is 396 g/mol. The maximum atomic E-state index is 13.1. The van der Waals surface area contributed by atoms with Crippen molar-refractivity contribution < 1.29 is 14.3 Å². The number of nitrogens with zero attached hydrogens (tertiary/aromatic N) is 2. The molecular formula is C24H32N2O3. The van der Waals surface area contributed by atoms with E-state index in [9.17, 15) is 4.79 Å². The van der Waals surface area contributed by atoms with Gasteiger partial charge in [0, 0.05) is 32.5 Å². The summed E-state index contributed by atoms with van der Waals surface area (Å²) in [5, 5.41) is 0. The molecule has 0 aliphatic carbocycles. The van der Waals surface area contributed by atoms with Gasteiger partial charge in [-0.25, -0.2) is 0 Å². The topological polar surface area (TPSA) is 42.0 Å². The summed E-state index contributed by atoms with van der Waals surface area (Å²) in [5.74, 6) is 1.68. The van der Waals surface area contributed by atoms with Crippen LogP contribution in [0.2, 0.25) is 0 Å². The highest BCUT2D eigenvalue weighted by atomic mass is 16.5. The molecule has 1 heterocycles. The zero-order chi connectivity index (χ0) is 20.8. The molecule has 156 valence electrons. The van der Waals surface area contributed by atoms with E-state index in [1.807, 2.05) is 43.3 Å². The Bertz CT molecular complexity index is 806. The molecule has 2 aromatic carbocycles. The van der Waals surface area contributed by atoms with Gasteiger partial charge in [0.25, 0.3) is 5.91 Å². The molecule has 0 spiro atoms. The second-order valence-electron chi connectivity index (χ2n) is 7.98. The summed E-state index contributed by atoms with van der Waals surface area (Å²) in [4.78, 5) is 17.1. The fourth-order valence-electron chi connectivity index (χ4n) is 3.61. The Hall–Kier alpha value is -2.53. The number of para-hydroxylation sites is 2. The van der Waals surface area contributed by atoms with Crippen LogP contribution in [-0.4, -0.2) is 62.1 Å². The number of likely N-dealkylation sites (tertiary alicyclic amines) is 1. The second kappa shape index (κ2) is 9.79. The fraction of sp³-hybridized carbons (Fsp3) is 0.458. The van der Waals surface area contributed by atoms with Crippen molar-refractivity contribution in [3.05, 3.63) is 59.2 Å². The number of ether oxygens (including phenoxy) is 2. The molecule has 5 heteroatoms. The second-order valence-corrected chi connectivity index (χ2v) is 7.98. The minimum Gasteiger partial charge on any atom is -0.491 e. The largest absolute Gasteiger partial charge is 0.491 e. The summed E-state index contributed by atoms with van der Waals surface area (Å²) >= 11 is 0. The Morgan fingerprint density at radius 1 is 1.03 bits per heavy atom. The molecule has 1 amide bonds. The Morgan fingerprint density at radius 3 is 2.34 bits per heavy atom. The molecule has 0 atom stereocenters. The number of amides is 1. The molecule has 1 aliphatic rings. The van der Waals surface area contributed by atoms with Crippen molar-refractivity contribution >= 4 is 5.91 Å². The third kappa shape index (κ3) is 5.51. The Balaban J connectivity index is 1.59. The number of piperidine rings is 1. The van der Waals surface area contributed by atoms with Crippen LogP contribution in [-0.2, 0) is 0 Å². The quantitative estimate of drug-likeness (QED) is 0.711. The Labute approximate surface area is 174 Å². The van der Waals surface area contributed by atoms with Gasteiger partial charge in [0.05, 0.1) is 5.56 Å². The number of carbonyl (C=O) groups excluding carboxylic acids is 1. The SMILES string of the molecule is Cc1cccc(C)c1OC1CCN(C(=O)c2ccccc2OCCN(C)C)CC1. The summed E-state index contributed by atoms with van der Waals surface area (Å²) in [5.41, 5.74) is 2.96. The molecule has 5 nitrogen and oxygen atoms in total. The van der Waals surface area contributed by atoms with Crippen LogP contribution in [0, 0.1) is 13.8 Å². The predicted molar refractivity (Wildman–Crippen MR) is 116 cm³/mol. The van der Waals surface area contributed by atoms with Crippen molar-refractivity contribution in [1.29, 1.82) is 0 Å². The third-order valence-electron chi connectivity index (χ3n) is 5.34. The summed E-state index contributed by atoms with van der Waals surface area (Å²) < 4.78 is 12.2. The van der Waals surface area contributed by atoms with E-state index in [0.29, 0.717) is 31.0 Å². The van der Waals surface area contributed by atoms with Gasteiger partial charge in [0.15, 0.2) is 0 Å². The number of carbonyl (C=O) groups is 1. The molecule has 1 fully saturated rings. The highest BCUT2D eigenvalue weighted by Crippen LogP contribution is 2.27. The zero-order valence-corrected chi connectivity index (χ0v) is 18.0. The fourth-order valence-corrected chi connectivity index (χ4v) is 3.61. The minimum absolute atomic E-state index is 0.0379. The molecule has 3 rings (SSSR count). The van der Waals surface area contributed by atoms with Gasteiger partial charge < -0.3 is 19.3 Å². The van der Waals surface area contributed by atoms with E-state index >= 15 is 0 Å². The first-order chi connectivity index (χ1) is 14.0. The number of hydrogen-bond donors (Lipinski definition) is 0. The van der Waals surface area contributed by atoms with Crippen LogP contribution in [0.4, 0.5) is 0 Å². The summed E-state index contributed by atoms with van der Waals surface area (Å²) in [7, 11) is 4.01. The van der Waals surface area contributed by atoms with E-state index in [4.69, 9.17) is 9.47 Å². The lowest BCUT2D eigenvalue weighted by atomic mass is 10.0. The van der Waals surface area contributed by atoms with Gasteiger partial charge in [-0.3, -0.25) is 4.79 Å². The molecule has 0 saturated carbocycles. The van der Waals surface area contributed by atoms with Gasteiger partial charge >= 0.3 is 0 Å². The summed E-state index contributed by atoms with van der Waals surface area (Å²) in [6.45, 7) is 6.91. The number of benzene rings is 2. The first-order valence-corrected chi connectivity index (χ1v) is 10.3. The van der Waals surface area contributed by atoms with E-state index in [1.54, 1.807) is 0 Å². The van der Waals surface area contributed by atoms with Crippen molar-refractivity contribution in [2.75, 3.05) is 40.3 Å². The van der Waals surface area contributed by atoms with E-state index < -0.39 is 0 Å². The third-order valence-corrected chi connectivity index (χ3v) is 5.34. The lowest BCUT2D eigenvalue weighted by Crippen LogP contribution is -2.42. The average molecular weight is 397 g/mol. The zero-order valence-electron chi connectivity index (χ0n) is 18.0. The van der Waals surface area contributed by atoms with Gasteiger partial charge in [-0.1, -0.05) is 30.3 Å². The first-order valence-electron chi connectivity index (χ1n) is 10.3. The average Bonchev–Trinajstić information content (AvgIpc) is 2.71. The van der Waals surface area contributed by atoms with Crippen LogP contribution in [0.5, 0.6) is 11.5 Å². The van der Waals surface area contributed by atoms with Crippen LogP contribution in [0.15, 0.2) is 42.5 Å². The standard InChI is InChI=1S/C24H32N2O3/c1-18-8-7-9-19(2)23(18)29-20-12-14-26(15-13-20)24(27)21-10-5-6-11-22(21)28-17-16-25(3)4/h5-11,20H,12-17H2,1-4H3. The van der Waals surface area contributed by atoms with Crippen LogP contribution in [0.3, 0.4) is 0 Å². The smallest absolute Gasteiger partial charge is 0.257 e. The maximum Gasteiger partial charge on any atom is 0.257 e. The van der Waals surface area contributed by atoms with Crippen molar-refractivity contribution in [3.63, 3.8) is 0 Å². The van der Waals surface area contributed by atoms with Gasteiger partial charge in [-0.15, -0.1) is 0 Å². The van der Waals surface area contributed by atoms with E-state index in [2.05, 4.69) is 36.9 Å². The molecule has 0 unspecified atom stereocenters. The lowest BCUT2D eigenvalue weighted by molar-refractivity contribution is 0.0589. The Kier molecular flexibility index (Phi) is 7.15. The van der Waals surface area contributed by atoms with Gasteiger partial charge in [0.1, 0.15) is 24.2 Å². The highest BCUT2D eigenvalue weighted by molar-refractivity contribution is 5.97. The van der Waals surface area contributed by atoms with Crippen molar-refractivity contribution in [2.24, 2.45) is 0 Å². The lowest BCUT2D eigenvalue weighted by Gasteiger charge is -2.33. The minimum atomic E-state index is 0.0379. The van der Waals surface area contributed by atoms with E-state index in [0.717, 1.165) is 36.3 Å². The molecule has 1 saturated heterocycles. The Morgan fingerprint density at radius 2 is 1.69 bits per heavy atom. The number of hydrogen-bond acceptors (Lipinski definition) is 4. The molecule has 0 bridgehead atoms. The predicted octanol–water partition coefficient (Wildman–Crippen LogP) is 3.93. The van der Waals surface area contributed by atoms with Gasteiger partial charge in [-0.2, -0.15) is 0 Å². The van der Waals surface area contributed by atoms with E-state index in [1.165, 1.54) is 0 Å². The number of likely N-dealkylation sites (N-methyl/N-ethyl adjacent to an activating group) is 1. The summed E-state index contributed by atoms with van der Waals surface area (Å²) in [6, 6.07) is 13.7. The normalized spacial score (nSPS) is 14.9. The van der Waals surface area contributed by atoms with Gasteiger partial charge in [-0.05, 0) is 51.2 Å². The molecule has 1 aliphatic heterocycles. The molecule has 0 aromatic heterocycles. The molecular weight excluding hydrogens is 364 g/mol. The van der Waals surface area contributed by atoms with Crippen LogP contribution < -0.4 is 9.47 Å². The van der Waals surface area contributed by atoms with Crippen molar-refractivity contribution in [3.8, 4) is 11.5 Å². The van der Waals surface area contributed by atoms with Crippen LogP contribution >= 0.6 is 0 Å². The molecule has 0 N–H and O–H groups in total. The van der Waals surface area contributed by atoms with Gasteiger partial charge in [0.2, 0.25) is 0 Å². The van der Waals surface area contributed by atoms with Crippen molar-refractivity contribution in [2.45, 2.75) is 32.8 Å². The first kappa shape index (κ1) is 21.2. The van der Waals surface area contributed by atoms with Crippen molar-refractivity contribution in [1.82, 2.24) is 9.80 Å². The molecule has 0 radical (unpaired) electrons. The van der Waals surface area contributed by atoms with E-state index in [-0.39, 0.29) is 12.0 Å². The highest BCUT2D eigenvalue weighted by Gasteiger charge is 2.26. The number of rotatable bonds is 7. The van der Waals surface area contributed by atoms with Crippen LogP contribution in [0.25, 0.3) is 0 Å². The maximum absolute atomic E-state index is 13.1. The molecule has 29 heavy (non-hydrogen) atoms. The van der Waals surface area contributed by atoms with Crippen LogP contribution in [0.1, 0.15) is 34.3 Å².